The second kappa shape index (κ2) is 14.7. The van der Waals surface area contributed by atoms with Crippen molar-refractivity contribution >= 4 is 28.6 Å². The Balaban J connectivity index is 1.36. The van der Waals surface area contributed by atoms with E-state index in [9.17, 15) is 24.9 Å². The summed E-state index contributed by atoms with van der Waals surface area (Å²) in [6.45, 7) is 7.07. The average molecular weight is 799 g/mol. The summed E-state index contributed by atoms with van der Waals surface area (Å²) in [4.78, 5) is 37.4. The summed E-state index contributed by atoms with van der Waals surface area (Å²) in [6, 6.07) is 11.1. The van der Waals surface area contributed by atoms with Crippen molar-refractivity contribution in [1.29, 1.82) is 0 Å². The molecule has 1 aliphatic carbocycles. The highest BCUT2D eigenvalue weighted by Gasteiger charge is 2.53. The van der Waals surface area contributed by atoms with Crippen LogP contribution in [0.5, 0.6) is 17.2 Å². The fourth-order valence-electron chi connectivity index (χ4n) is 10.1. The Kier molecular flexibility index (Phi) is 9.65. The van der Waals surface area contributed by atoms with Gasteiger partial charge in [-0.25, -0.2) is 14.8 Å². The van der Waals surface area contributed by atoms with E-state index in [0.717, 1.165) is 52.0 Å². The molecule has 4 bridgehead atoms. The van der Waals surface area contributed by atoms with Crippen molar-refractivity contribution in [3.8, 4) is 17.2 Å². The minimum Gasteiger partial charge on any atom is -0.508 e. The van der Waals surface area contributed by atoms with Crippen molar-refractivity contribution in [2.45, 2.75) is 115 Å². The zero-order valence-corrected chi connectivity index (χ0v) is 33.8. The van der Waals surface area contributed by atoms with Gasteiger partial charge in [0.05, 0.1) is 0 Å². The number of nitrogens with two attached hydrogens (primary N) is 1. The van der Waals surface area contributed by atoms with Crippen molar-refractivity contribution in [3.05, 3.63) is 121 Å². The number of benzene rings is 2. The number of nitrogens with one attached hydrogen (secondary N) is 1. The quantitative estimate of drug-likeness (QED) is 0.0901. The van der Waals surface area contributed by atoms with Gasteiger partial charge in [0.25, 0.3) is 0 Å². The standard InChI is InChI=1S/C47H50N4O8/c1-5-23(2)46(56)58-37-20-35-41(55)40-36(54)19-32(22-52)57-43(40)39-34-18-29-17-31(53)11-10-26(29)8-9-27(38-33(34)12-13-49-44(38)48)16-30(47(37,4)59-42(35)39)15-25-14-28-7-6-24(3)51-45(28)50-21-25/h5,10-14,17,19,21,24,27,30,34,37,52-53,55H,6-9,15-16,18,20,22H2,1-4H3,(H2,48,49)(H,50,51). The number of phenolic OH excluding ortho intramolecular Hbond substituents is 2. The molecule has 2 aromatic carbocycles. The average Bonchev–Trinajstić information content (AvgIpc) is 3.27. The Morgan fingerprint density at radius 3 is 2.68 bits per heavy atom. The lowest BCUT2D eigenvalue weighted by Crippen LogP contribution is -2.57. The molecule has 6 atom stereocenters. The lowest BCUT2D eigenvalue weighted by molar-refractivity contribution is -0.165. The summed E-state index contributed by atoms with van der Waals surface area (Å²) >= 11 is 0. The number of carbonyl (C=O) groups is 1. The van der Waals surface area contributed by atoms with E-state index in [4.69, 9.17) is 24.6 Å². The van der Waals surface area contributed by atoms with Crippen LogP contribution in [0.15, 0.2) is 69.7 Å². The predicted octanol–water partition coefficient (Wildman–Crippen LogP) is 7.05. The first-order valence-corrected chi connectivity index (χ1v) is 20.6. The van der Waals surface area contributed by atoms with Gasteiger partial charge < -0.3 is 40.3 Å². The van der Waals surface area contributed by atoms with Gasteiger partial charge in [-0.3, -0.25) is 4.79 Å². The van der Waals surface area contributed by atoms with Crippen molar-refractivity contribution < 1.29 is 34.0 Å². The number of nitrogens with zero attached hydrogens (tertiary/aromatic N) is 2. The number of aliphatic hydroxyl groups is 1. The van der Waals surface area contributed by atoms with Crippen LogP contribution < -0.4 is 21.2 Å². The second-order valence-electron chi connectivity index (χ2n) is 17.1. The SMILES string of the molecule is CC=C(C)C(=O)OC1Cc2c3c(c4oc(CO)cc(=O)c4c2O)C2Cc4cc(O)ccc4CCC(CC(Cc4cnc5c(c4)CCC(C)N5)C1(C)O3)c1c2ccnc1N. The molecule has 0 spiro atoms. The fraction of sp³-hybridized carbons (Fsp3) is 0.404. The monoisotopic (exact) mass is 798 g/mol. The number of carbonyl (C=O) groups excluding carboxylic acids is 1. The maximum absolute atomic E-state index is 14.0. The van der Waals surface area contributed by atoms with Crippen molar-refractivity contribution in [2.24, 2.45) is 5.92 Å². The molecule has 0 fully saturated rings. The highest BCUT2D eigenvalue weighted by Crippen LogP contribution is 2.56. The number of aryl methyl sites for hydroxylation is 2. The summed E-state index contributed by atoms with van der Waals surface area (Å²) < 4.78 is 20.3. The Hall–Kier alpha value is -5.88. The van der Waals surface area contributed by atoms with Crippen LogP contribution in [0.3, 0.4) is 0 Å². The number of hydrogen-bond donors (Lipinski definition) is 5. The first kappa shape index (κ1) is 38.6. The van der Waals surface area contributed by atoms with Crippen LogP contribution in [0, 0.1) is 5.92 Å². The van der Waals surface area contributed by atoms with Crippen molar-refractivity contribution in [3.63, 3.8) is 0 Å². The Morgan fingerprint density at radius 2 is 1.88 bits per heavy atom. The van der Waals surface area contributed by atoms with Gasteiger partial charge in [0, 0.05) is 65.0 Å². The number of pyridine rings is 2. The number of allylic oxidation sites excluding steroid dienone is 1. The number of rotatable bonds is 5. The van der Waals surface area contributed by atoms with Crippen LogP contribution in [0.4, 0.5) is 11.6 Å². The summed E-state index contributed by atoms with van der Waals surface area (Å²) in [5, 5.41) is 36.8. The highest BCUT2D eigenvalue weighted by atomic mass is 16.6. The van der Waals surface area contributed by atoms with Crippen LogP contribution in [-0.4, -0.2) is 49.0 Å². The molecule has 0 saturated heterocycles. The summed E-state index contributed by atoms with van der Waals surface area (Å²) in [6.07, 6.45) is 9.11. The van der Waals surface area contributed by atoms with Crippen LogP contribution in [-0.2, 0) is 48.2 Å². The number of fused-ring (bicyclic) bond motifs is 6. The maximum atomic E-state index is 14.0. The van der Waals surface area contributed by atoms with Gasteiger partial charge in [-0.15, -0.1) is 0 Å². The number of aromatic hydroxyl groups is 2. The molecule has 0 amide bonds. The Morgan fingerprint density at radius 1 is 1.07 bits per heavy atom. The Labute approximate surface area is 342 Å². The third kappa shape index (κ3) is 6.57. The molecule has 6 heterocycles. The normalized spacial score (nSPS) is 24.6. The van der Waals surface area contributed by atoms with E-state index in [1.807, 2.05) is 25.3 Å². The molecule has 9 rings (SSSR count). The predicted molar refractivity (Wildman–Crippen MR) is 223 cm³/mol. The number of phenols is 2. The minimum atomic E-state index is -1.21. The first-order chi connectivity index (χ1) is 28.4. The highest BCUT2D eigenvalue weighted by molar-refractivity contribution is 5.92. The van der Waals surface area contributed by atoms with E-state index in [-0.39, 0.29) is 46.5 Å². The Bertz CT molecular complexity index is 2620. The smallest absolute Gasteiger partial charge is 0.333 e. The zero-order chi connectivity index (χ0) is 41.3. The van der Waals surface area contributed by atoms with E-state index in [1.54, 1.807) is 38.3 Å². The molecule has 59 heavy (non-hydrogen) atoms. The number of nitrogen functional groups attached to an aromatic ring is 1. The lowest BCUT2D eigenvalue weighted by Gasteiger charge is -2.49. The van der Waals surface area contributed by atoms with Crippen LogP contribution in [0.1, 0.15) is 109 Å². The van der Waals surface area contributed by atoms with Gasteiger partial charge in [0.15, 0.2) is 5.43 Å². The van der Waals surface area contributed by atoms with Gasteiger partial charge in [-0.05, 0) is 125 Å². The number of aromatic nitrogens is 2. The molecule has 6 N–H and O–H groups in total. The van der Waals surface area contributed by atoms with Crippen LogP contribution in [0.2, 0.25) is 0 Å². The maximum Gasteiger partial charge on any atom is 0.333 e. The van der Waals surface area contributed by atoms with E-state index in [0.29, 0.717) is 66.4 Å². The van der Waals surface area contributed by atoms with E-state index in [1.165, 1.54) is 6.07 Å². The van der Waals surface area contributed by atoms with E-state index < -0.39 is 35.6 Å². The van der Waals surface area contributed by atoms with E-state index >= 15 is 0 Å². The number of esters is 1. The van der Waals surface area contributed by atoms with E-state index in [2.05, 4.69) is 23.3 Å². The molecule has 0 radical (unpaired) electrons. The summed E-state index contributed by atoms with van der Waals surface area (Å²) in [5.74, 6) is -0.179. The van der Waals surface area contributed by atoms with Gasteiger partial charge in [0.1, 0.15) is 63.9 Å². The molecule has 5 aromatic rings. The molecular formula is C47H50N4O8. The number of aliphatic hydroxyl groups excluding tert-OH is 1. The number of ether oxygens (including phenoxy) is 2. The fourth-order valence-corrected chi connectivity index (χ4v) is 10.1. The molecule has 306 valence electrons. The second-order valence-corrected chi connectivity index (χ2v) is 17.1. The third-order valence-electron chi connectivity index (χ3n) is 13.5. The van der Waals surface area contributed by atoms with Crippen molar-refractivity contribution in [2.75, 3.05) is 11.1 Å². The zero-order valence-electron chi connectivity index (χ0n) is 33.8. The molecule has 3 aliphatic heterocycles. The number of anilines is 2. The summed E-state index contributed by atoms with van der Waals surface area (Å²) in [5.41, 5.74) is 12.4. The van der Waals surface area contributed by atoms with Gasteiger partial charge in [-0.2, -0.15) is 0 Å². The molecule has 4 aliphatic rings. The number of hydrogen-bond acceptors (Lipinski definition) is 12. The summed E-state index contributed by atoms with van der Waals surface area (Å²) in [7, 11) is 0. The molecule has 3 aromatic heterocycles. The lowest BCUT2D eigenvalue weighted by atomic mass is 9.68. The van der Waals surface area contributed by atoms with Gasteiger partial charge in [-0.1, -0.05) is 18.2 Å². The third-order valence-corrected chi connectivity index (χ3v) is 13.5. The van der Waals surface area contributed by atoms with Gasteiger partial charge in [0.2, 0.25) is 0 Å². The molecule has 12 nitrogen and oxygen atoms in total. The minimum absolute atomic E-state index is 0.0255. The topological polar surface area (TPSA) is 190 Å². The van der Waals surface area contributed by atoms with Crippen LogP contribution in [0.25, 0.3) is 11.0 Å². The van der Waals surface area contributed by atoms with Crippen LogP contribution >= 0.6 is 0 Å². The largest absolute Gasteiger partial charge is 0.508 e. The molecular weight excluding hydrogens is 749 g/mol. The first-order valence-electron chi connectivity index (χ1n) is 20.6. The van der Waals surface area contributed by atoms with Crippen molar-refractivity contribution in [1.82, 2.24) is 9.97 Å². The molecule has 6 unspecified atom stereocenters. The van der Waals surface area contributed by atoms with Gasteiger partial charge >= 0.3 is 5.97 Å². The molecule has 12 heteroatoms. The molecule has 0 saturated carbocycles.